The van der Waals surface area contributed by atoms with Gasteiger partial charge in [-0.25, -0.2) is 4.39 Å². The van der Waals surface area contributed by atoms with E-state index in [4.69, 9.17) is 0 Å². The quantitative estimate of drug-likeness (QED) is 0.412. The molecule has 7 heteroatoms. The summed E-state index contributed by atoms with van der Waals surface area (Å²) in [6.45, 7) is 0. The molecule has 15 heavy (non-hydrogen) atoms. The van der Waals surface area contributed by atoms with Crippen LogP contribution >= 0.6 is 0 Å². The summed E-state index contributed by atoms with van der Waals surface area (Å²) in [5.74, 6) is -2.16. The molecule has 0 bridgehead atoms. The molecule has 0 saturated heterocycles. The molecule has 0 unspecified atom stereocenters. The molecule has 1 aromatic rings. The maximum Gasteiger partial charge on any atom is 0.419 e. The molecule has 0 heterocycles. The Labute approximate surface area is 80.9 Å². The number of benzene rings is 1. The van der Waals surface area contributed by atoms with Gasteiger partial charge in [0.15, 0.2) is 0 Å². The van der Waals surface area contributed by atoms with Crippen molar-refractivity contribution in [2.45, 2.75) is 6.18 Å². The van der Waals surface area contributed by atoms with Gasteiger partial charge >= 0.3 is 6.18 Å². The summed E-state index contributed by atoms with van der Waals surface area (Å²) in [5, 5.41) is 9.91. The summed E-state index contributed by atoms with van der Waals surface area (Å²) >= 11 is 0. The van der Waals surface area contributed by atoms with Gasteiger partial charge in [0.05, 0.1) is 11.3 Å². The van der Waals surface area contributed by atoms with Crippen molar-refractivity contribution in [1.29, 1.82) is 0 Å². The molecule has 0 radical (unpaired) electrons. The Kier molecular flexibility index (Phi) is 2.83. The van der Waals surface area contributed by atoms with Crippen LogP contribution in [0.1, 0.15) is 5.56 Å². The first-order valence-corrected chi connectivity index (χ1v) is 3.56. The molecule has 0 aliphatic rings. The molecule has 3 nitrogen and oxygen atoms in total. The summed E-state index contributed by atoms with van der Waals surface area (Å²) in [5.41, 5.74) is -1.60. The first-order valence-electron chi connectivity index (χ1n) is 3.56. The van der Waals surface area contributed by atoms with Gasteiger partial charge in [0, 0.05) is 0 Å². The van der Waals surface area contributed by atoms with Crippen molar-refractivity contribution < 1.29 is 32.2 Å². The predicted molar refractivity (Wildman–Crippen MR) is 37.4 cm³/mol. The Morgan fingerprint density at radius 2 is 1.93 bits per heavy atom. The molecular weight excluding hydrogens is 220 g/mol. The maximum atomic E-state index is 12.7. The molecule has 0 spiro atoms. The number of alkyl halides is 3. The van der Waals surface area contributed by atoms with Crippen molar-refractivity contribution in [3.05, 3.63) is 29.6 Å². The molecule has 0 aliphatic carbocycles. The average Bonchev–Trinajstić information content (AvgIpc) is 2.05. The van der Waals surface area contributed by atoms with Gasteiger partial charge in [-0.05, 0) is 18.2 Å². The summed E-state index contributed by atoms with van der Waals surface area (Å²) < 4.78 is 52.8. The summed E-state index contributed by atoms with van der Waals surface area (Å²) in [4.78, 5) is 9.91. The van der Waals surface area contributed by atoms with Crippen LogP contribution < -0.4 is 9.84 Å². The normalized spacial score (nSPS) is 11.2. The third kappa shape index (κ3) is 2.83. The minimum atomic E-state index is -4.91. The van der Waals surface area contributed by atoms with E-state index in [0.717, 1.165) is 6.07 Å². The number of halogens is 4. The summed E-state index contributed by atoms with van der Waals surface area (Å²) in [7, 11) is 0. The first-order chi connectivity index (χ1) is 6.80. The second kappa shape index (κ2) is 3.76. The first kappa shape index (κ1) is 11.3. The molecule has 1 aromatic carbocycles. The smallest absolute Gasteiger partial charge is 0.419 e. The Balaban J connectivity index is 3.11. The number of ether oxygens (including phenoxy) is 1. The van der Waals surface area contributed by atoms with Crippen LogP contribution in [0.3, 0.4) is 0 Å². The maximum absolute atomic E-state index is 12.7. The minimum absolute atomic E-state index is 0.241. The van der Waals surface area contributed by atoms with Crippen LogP contribution in [0.5, 0.6) is 5.75 Å². The summed E-state index contributed by atoms with van der Waals surface area (Å²) in [6.07, 6.45) is -6.93. The fourth-order valence-corrected chi connectivity index (χ4v) is 0.881. The van der Waals surface area contributed by atoms with Crippen LogP contribution in [0.25, 0.3) is 0 Å². The van der Waals surface area contributed by atoms with E-state index in [1.165, 1.54) is 0 Å². The predicted octanol–water partition coefficient (Wildman–Crippen LogP) is 1.57. The molecule has 82 valence electrons. The van der Waals surface area contributed by atoms with Crippen LogP contribution in [0.4, 0.5) is 22.4 Å². The molecule has 0 N–H and O–H groups in total. The molecule has 0 aliphatic heterocycles. The Bertz CT molecular complexity index is 386. The van der Waals surface area contributed by atoms with Gasteiger partial charge in [0.25, 0.3) is 6.16 Å². The number of hydrogen-bond acceptors (Lipinski definition) is 3. The van der Waals surface area contributed by atoms with Crippen LogP contribution in [-0.2, 0) is 6.18 Å². The van der Waals surface area contributed by atoms with Gasteiger partial charge in [-0.15, -0.1) is 0 Å². The highest BCUT2D eigenvalue weighted by Crippen LogP contribution is 2.33. The zero-order valence-electron chi connectivity index (χ0n) is 6.97. The van der Waals surface area contributed by atoms with Crippen molar-refractivity contribution in [2.75, 3.05) is 0 Å². The minimum Gasteiger partial charge on any atom is -0.514 e. The van der Waals surface area contributed by atoms with Gasteiger partial charge in [-0.2, -0.15) is 13.2 Å². The van der Waals surface area contributed by atoms with E-state index >= 15 is 0 Å². The highest BCUT2D eigenvalue weighted by molar-refractivity contribution is 5.58. The van der Waals surface area contributed by atoms with E-state index in [0.29, 0.717) is 6.07 Å². The SMILES string of the molecule is O=C([O-])Oc1ccc(F)c(C(F)(F)F)c1. The summed E-state index contributed by atoms with van der Waals surface area (Å²) in [6, 6.07) is 1.45. The standard InChI is InChI=1S/C8H4F4O3/c9-6-2-1-4(15-7(13)14)3-5(6)8(10,11)12/h1-3H,(H,13,14)/p-1. The van der Waals surface area contributed by atoms with Crippen molar-refractivity contribution in [1.82, 2.24) is 0 Å². The van der Waals surface area contributed by atoms with Gasteiger partial charge in [0.1, 0.15) is 5.82 Å². The van der Waals surface area contributed by atoms with E-state index in [1.807, 2.05) is 0 Å². The molecule has 0 aromatic heterocycles. The Morgan fingerprint density at radius 3 is 2.40 bits per heavy atom. The van der Waals surface area contributed by atoms with E-state index in [-0.39, 0.29) is 6.07 Å². The number of rotatable bonds is 1. The number of carboxylic acid groups (broad SMARTS) is 1. The second-order valence-corrected chi connectivity index (χ2v) is 2.49. The Morgan fingerprint density at radius 1 is 1.33 bits per heavy atom. The fourth-order valence-electron chi connectivity index (χ4n) is 0.881. The number of carbonyl (C=O) groups is 1. The third-order valence-electron chi connectivity index (χ3n) is 1.44. The second-order valence-electron chi connectivity index (χ2n) is 2.49. The topological polar surface area (TPSA) is 49.4 Å². The van der Waals surface area contributed by atoms with Crippen molar-refractivity contribution in [2.24, 2.45) is 0 Å². The Hall–Kier alpha value is -1.79. The van der Waals surface area contributed by atoms with Crippen molar-refractivity contribution in [3.63, 3.8) is 0 Å². The monoisotopic (exact) mass is 223 g/mol. The zero-order valence-corrected chi connectivity index (χ0v) is 6.97. The van der Waals surface area contributed by atoms with Crippen LogP contribution in [0.2, 0.25) is 0 Å². The molecule has 0 atom stereocenters. The van der Waals surface area contributed by atoms with Crippen LogP contribution in [-0.4, -0.2) is 6.16 Å². The number of carbonyl (C=O) groups excluding carboxylic acids is 1. The molecule has 0 amide bonds. The highest BCUT2D eigenvalue weighted by atomic mass is 19.4. The van der Waals surface area contributed by atoms with Crippen LogP contribution in [0, 0.1) is 5.82 Å². The zero-order chi connectivity index (χ0) is 11.6. The van der Waals surface area contributed by atoms with Gasteiger partial charge in [-0.1, -0.05) is 0 Å². The third-order valence-corrected chi connectivity index (χ3v) is 1.44. The van der Waals surface area contributed by atoms with Gasteiger partial charge in [0.2, 0.25) is 0 Å². The molecule has 0 fully saturated rings. The average molecular weight is 223 g/mol. The van der Waals surface area contributed by atoms with E-state index in [9.17, 15) is 27.5 Å². The lowest BCUT2D eigenvalue weighted by Crippen LogP contribution is -2.26. The van der Waals surface area contributed by atoms with Crippen molar-refractivity contribution in [3.8, 4) is 5.75 Å². The lowest BCUT2D eigenvalue weighted by atomic mass is 10.2. The molecular formula is C8H3F4O3-. The van der Waals surface area contributed by atoms with Crippen molar-refractivity contribution >= 4 is 6.16 Å². The fraction of sp³-hybridized carbons (Fsp3) is 0.125. The molecule has 0 saturated carbocycles. The lowest BCUT2D eigenvalue weighted by Gasteiger charge is -2.12. The molecule has 1 rings (SSSR count). The van der Waals surface area contributed by atoms with E-state index in [1.54, 1.807) is 0 Å². The largest absolute Gasteiger partial charge is 0.514 e. The van der Waals surface area contributed by atoms with E-state index < -0.39 is 29.5 Å². The van der Waals surface area contributed by atoms with Gasteiger partial charge in [-0.3, -0.25) is 0 Å². The van der Waals surface area contributed by atoms with Gasteiger partial charge < -0.3 is 14.6 Å². The van der Waals surface area contributed by atoms with Crippen LogP contribution in [0.15, 0.2) is 18.2 Å². The number of hydrogen-bond donors (Lipinski definition) is 0. The highest BCUT2D eigenvalue weighted by Gasteiger charge is 2.34. The lowest BCUT2D eigenvalue weighted by molar-refractivity contribution is -0.271. The van der Waals surface area contributed by atoms with E-state index in [2.05, 4.69) is 4.74 Å².